The molecule has 0 aromatic heterocycles. The van der Waals surface area contributed by atoms with E-state index in [0.717, 1.165) is 0 Å². The fourth-order valence-electron chi connectivity index (χ4n) is 16.1. The summed E-state index contributed by atoms with van der Waals surface area (Å²) in [7, 11) is 0. The van der Waals surface area contributed by atoms with Gasteiger partial charge in [-0.1, -0.05) is 0 Å². The van der Waals surface area contributed by atoms with Gasteiger partial charge in [0.25, 0.3) is 0 Å². The summed E-state index contributed by atoms with van der Waals surface area (Å²) in [6.07, 6.45) is 9.70. The van der Waals surface area contributed by atoms with E-state index in [2.05, 4.69) is 236 Å². The van der Waals surface area contributed by atoms with Gasteiger partial charge in [-0.2, -0.15) is 0 Å². The second-order valence-corrected chi connectivity index (χ2v) is 34.6. The summed E-state index contributed by atoms with van der Waals surface area (Å²) in [5.74, 6) is 0. The maximum absolute atomic E-state index is 3.74. The van der Waals surface area contributed by atoms with Crippen molar-refractivity contribution >= 4 is 129 Å². The molecule has 0 radical (unpaired) electrons. The third-order valence-corrected chi connectivity index (χ3v) is 33.1. The molecule has 0 atom stereocenters. The van der Waals surface area contributed by atoms with Gasteiger partial charge in [0, 0.05) is 51.4 Å². The van der Waals surface area contributed by atoms with Gasteiger partial charge in [0.1, 0.15) is 0 Å². The first-order chi connectivity index (χ1) is 35.4. The molecule has 18 rings (SSSR count). The first-order valence-corrected chi connectivity index (χ1v) is 35.3. The molecule has 8 aromatic rings. The Hall–Kier alpha value is -4.29. The molecular weight excluding hydrogens is 1040 g/mol. The van der Waals surface area contributed by atoms with E-state index < -0.39 is 23.3 Å². The number of hydrogen-bond donors (Lipinski definition) is 0. The Balaban J connectivity index is 0.000000104. The zero-order valence-electron chi connectivity index (χ0n) is 41.7. The Morgan fingerprint density at radius 2 is 0.431 bits per heavy atom. The fraction of sp³-hybridized carbons (Fsp3) is 0.250. The second-order valence-electron chi connectivity index (χ2n) is 22.4. The molecule has 8 aromatic carbocycles. The van der Waals surface area contributed by atoms with E-state index >= 15 is 0 Å². The van der Waals surface area contributed by atoms with Gasteiger partial charge in [0.05, 0.1) is 52.4 Å². The van der Waals surface area contributed by atoms with E-state index in [1.165, 1.54) is 188 Å². The first-order valence-electron chi connectivity index (χ1n) is 27.3. The van der Waals surface area contributed by atoms with Gasteiger partial charge in [-0.15, -0.1) is 0 Å². The number of quaternary nitrogens is 2. The third-order valence-electron chi connectivity index (χ3n) is 19.1. The van der Waals surface area contributed by atoms with Crippen LogP contribution in [0.4, 0.5) is 0 Å². The molecule has 0 aliphatic carbocycles. The van der Waals surface area contributed by atoms with Crippen LogP contribution in [0.2, 0.25) is 0 Å². The second kappa shape index (κ2) is 18.8. The molecule has 10 aliphatic rings. The molecule has 0 saturated carbocycles. The minimum absolute atomic E-state index is 1.15. The van der Waals surface area contributed by atoms with Crippen molar-refractivity contribution < 1.29 is 8.97 Å². The van der Waals surface area contributed by atoms with Crippen LogP contribution in [0.5, 0.6) is 0 Å². The van der Waals surface area contributed by atoms with Gasteiger partial charge in [0.15, 0.2) is 0 Å². The van der Waals surface area contributed by atoms with Crippen molar-refractivity contribution in [2.75, 3.05) is 52.4 Å². The molecule has 4 fully saturated rings. The molecule has 10 aliphatic heterocycles. The van der Waals surface area contributed by atoms with Crippen LogP contribution in [0.1, 0.15) is 51.4 Å². The fourth-order valence-corrected chi connectivity index (χ4v) is 29.5. The van der Waals surface area contributed by atoms with Crippen molar-refractivity contribution in [2.24, 2.45) is 0 Å². The Bertz CT molecular complexity index is 2910. The molecule has 0 unspecified atom stereocenters. The van der Waals surface area contributed by atoms with Crippen LogP contribution in [0.25, 0.3) is 0 Å². The van der Waals surface area contributed by atoms with Crippen molar-refractivity contribution in [2.45, 2.75) is 51.4 Å². The molecule has 2 nitrogen and oxygen atoms in total. The normalized spacial score (nSPS) is 26.0. The molecule has 360 valence electrons. The molecule has 10 heterocycles. The molecule has 4 saturated heterocycles. The average Bonchev–Trinajstić information content (AvgIpc) is 4.33. The first kappa shape index (κ1) is 47.4. The van der Waals surface area contributed by atoms with Crippen molar-refractivity contribution in [1.82, 2.24) is 0 Å². The van der Waals surface area contributed by atoms with E-state index in [4.69, 9.17) is 0 Å². The Labute approximate surface area is 444 Å². The Morgan fingerprint density at radius 1 is 0.250 bits per heavy atom. The summed E-state index contributed by atoms with van der Waals surface area (Å²) in [6, 6.07) is 77.2. The summed E-state index contributed by atoms with van der Waals surface area (Å²) in [5.41, 5.74) is 8.43. The molecule has 8 heteroatoms. The topological polar surface area (TPSA) is 0 Å². The molecular formula is C64H66B2N2P2Se2. The summed E-state index contributed by atoms with van der Waals surface area (Å²) >= 11 is 7.48. The molecule has 2 spiro atoms. The maximum atomic E-state index is 3.74. The number of nitrogens with zero attached hydrogens (tertiary/aromatic N) is 2. The summed E-state index contributed by atoms with van der Waals surface area (Å²) in [4.78, 5) is 0. The van der Waals surface area contributed by atoms with E-state index in [0.29, 0.717) is 0 Å². The van der Waals surface area contributed by atoms with Crippen molar-refractivity contribution in [3.05, 3.63) is 206 Å². The third kappa shape index (κ3) is 7.04. The van der Waals surface area contributed by atoms with E-state index in [1.807, 2.05) is 0 Å². The molecule has 0 N–H and O–H groups in total. The molecule has 4 bridgehead atoms. The van der Waals surface area contributed by atoms with Gasteiger partial charge in [-0.05, 0) is 0 Å². The predicted molar refractivity (Wildman–Crippen MR) is 320 cm³/mol. The number of benzene rings is 8. The van der Waals surface area contributed by atoms with Crippen molar-refractivity contribution in [1.29, 1.82) is 0 Å². The summed E-state index contributed by atoms with van der Waals surface area (Å²) in [6.45, 7) is 12.0. The van der Waals surface area contributed by atoms with Crippen LogP contribution >= 0.6 is 11.0 Å². The van der Waals surface area contributed by atoms with E-state index in [9.17, 15) is 0 Å². The monoisotopic (exact) mass is 1110 g/mol. The Morgan fingerprint density at radius 3 is 0.639 bits per heavy atom. The van der Waals surface area contributed by atoms with E-state index in [-0.39, 0.29) is 0 Å². The predicted octanol–water partition coefficient (Wildman–Crippen LogP) is 4.92. The van der Waals surface area contributed by atoms with Crippen molar-refractivity contribution in [3.63, 3.8) is 0 Å². The average molecular weight is 1100 g/mol. The van der Waals surface area contributed by atoms with Gasteiger partial charge < -0.3 is 8.97 Å². The molecule has 0 amide bonds. The summed E-state index contributed by atoms with van der Waals surface area (Å²) < 4.78 is 3.00. The zero-order chi connectivity index (χ0) is 48.4. The van der Waals surface area contributed by atoms with Crippen LogP contribution in [-0.2, 0) is 0 Å². The zero-order valence-corrected chi connectivity index (χ0v) is 46.9. The Kier molecular flexibility index (Phi) is 12.4. The standard InChI is InChI=1S/2C24H17BPSe.2C8H16N/c2*27-26-22-15-7-4-12-19(22)25(18-10-2-1-3-11-18,20-13-5-8-16-23(20)26)21-14-6-9-17-24(21)26;2*1-2-6-9(5-1)7-3-4-8-9/h2*1-17H;2*1-8H2/q2*-1;2*+1. The van der Waals surface area contributed by atoms with Crippen LogP contribution < -0.4 is 75.5 Å². The van der Waals surface area contributed by atoms with Gasteiger partial charge >= 0.3 is 335 Å². The van der Waals surface area contributed by atoms with E-state index in [1.54, 1.807) is 0 Å². The van der Waals surface area contributed by atoms with Gasteiger partial charge in [0.2, 0.25) is 0 Å². The molecule has 72 heavy (non-hydrogen) atoms. The minimum atomic E-state index is -1.72. The quantitative estimate of drug-likeness (QED) is 0.131. The SMILES string of the molecule is C1CC[N+]2(C1)CCCC2.C1CC[N+]2(C1)CCCC2.[Se]=P12c3ccccc3[B-](c3ccccc3)(c3ccccc31)c1ccccc12.[Se]=P12c3ccccc3[B-](c3ccccc3)(c3ccccc31)c1ccccc12. The van der Waals surface area contributed by atoms with Crippen molar-refractivity contribution in [3.8, 4) is 0 Å². The van der Waals surface area contributed by atoms with Crippen LogP contribution in [-0.4, -0.2) is 104 Å². The van der Waals surface area contributed by atoms with Gasteiger partial charge in [-0.25, -0.2) is 0 Å². The van der Waals surface area contributed by atoms with Crippen LogP contribution in [0.3, 0.4) is 0 Å². The summed E-state index contributed by atoms with van der Waals surface area (Å²) in [5, 5.41) is 9.12. The van der Waals surface area contributed by atoms with Gasteiger partial charge in [-0.3, -0.25) is 0 Å². The van der Waals surface area contributed by atoms with Crippen LogP contribution in [0.15, 0.2) is 206 Å². The number of rotatable bonds is 2. The van der Waals surface area contributed by atoms with Crippen LogP contribution in [0, 0.1) is 0 Å². The number of hydrogen-bond acceptors (Lipinski definition) is 0.